The van der Waals surface area contributed by atoms with Crippen LogP contribution in [0.1, 0.15) is 174 Å². The van der Waals surface area contributed by atoms with E-state index in [9.17, 15) is 24.2 Å². The van der Waals surface area contributed by atoms with Crippen molar-refractivity contribution >= 4 is 19.8 Å². The topological polar surface area (TPSA) is 129 Å². The van der Waals surface area contributed by atoms with E-state index in [1.807, 2.05) is 39.4 Å². The standard InChI is InChI=1S/C48H86NO9P/c1-6-8-10-12-14-16-18-20-21-22-23-25-27-29-31-33-35-39-48(52)58-46(44-57-59(53,54)56-42-41-49(3,4)5)43-55-47(51)40-36-38-45(50)37-34-32-30-28-26-24-19-17-15-13-11-9-7-2/h14,16,20-21,24,26,30,32,34,37,45-46,50H,6-13,15,17-19,22-23,25,27-29,31,33,35-36,38-44H2,1-5H3/p+1/b16-14-,21-20-,26-24+,32-30+,37-34+/t45?,46-/m1/s1. The van der Waals surface area contributed by atoms with Crippen LogP contribution in [-0.2, 0) is 32.7 Å². The molecule has 10 nitrogen and oxygen atoms in total. The Kier molecular flexibility index (Phi) is 38.2. The number of hydrogen-bond acceptors (Lipinski definition) is 8. The van der Waals surface area contributed by atoms with Crippen LogP contribution >= 0.6 is 7.82 Å². The lowest BCUT2D eigenvalue weighted by Gasteiger charge is -2.24. The Bertz CT molecular complexity index is 1210. The van der Waals surface area contributed by atoms with E-state index in [-0.39, 0.29) is 26.1 Å². The van der Waals surface area contributed by atoms with Crippen LogP contribution in [0.15, 0.2) is 60.8 Å². The second-order valence-electron chi connectivity index (χ2n) is 16.6. The fourth-order valence-electron chi connectivity index (χ4n) is 5.93. The number of carbonyl (C=O) groups is 2. The van der Waals surface area contributed by atoms with Gasteiger partial charge >= 0.3 is 19.8 Å². The molecule has 0 spiro atoms. The molecule has 11 heteroatoms. The number of quaternary nitrogens is 1. The van der Waals surface area contributed by atoms with Gasteiger partial charge in [-0.2, -0.15) is 0 Å². The molecule has 2 unspecified atom stereocenters. The van der Waals surface area contributed by atoms with Gasteiger partial charge in [-0.05, 0) is 70.6 Å². The number of aliphatic hydroxyl groups excluding tert-OH is 1. The van der Waals surface area contributed by atoms with Crippen molar-refractivity contribution in [2.24, 2.45) is 0 Å². The molecule has 0 amide bonds. The van der Waals surface area contributed by atoms with Gasteiger partial charge in [-0.15, -0.1) is 0 Å². The molecule has 0 fully saturated rings. The molecule has 0 aromatic rings. The lowest BCUT2D eigenvalue weighted by atomic mass is 10.1. The van der Waals surface area contributed by atoms with Crippen LogP contribution in [0.5, 0.6) is 0 Å². The molecule has 0 rings (SSSR count). The zero-order valence-electron chi connectivity index (χ0n) is 38.1. The molecule has 2 N–H and O–H groups in total. The molecule has 0 aliphatic carbocycles. The van der Waals surface area contributed by atoms with Gasteiger partial charge in [-0.3, -0.25) is 18.6 Å². The smallest absolute Gasteiger partial charge is 0.462 e. The summed E-state index contributed by atoms with van der Waals surface area (Å²) in [6.07, 6.45) is 44.4. The number of rotatable bonds is 41. The van der Waals surface area contributed by atoms with E-state index in [1.54, 1.807) is 6.08 Å². The molecule has 0 radical (unpaired) electrons. The van der Waals surface area contributed by atoms with Gasteiger partial charge in [0.2, 0.25) is 0 Å². The molecule has 0 bridgehead atoms. The van der Waals surface area contributed by atoms with E-state index in [2.05, 4.69) is 50.3 Å². The van der Waals surface area contributed by atoms with Crippen LogP contribution in [-0.4, -0.2) is 86.1 Å². The highest BCUT2D eigenvalue weighted by Crippen LogP contribution is 2.43. The average Bonchev–Trinajstić information content (AvgIpc) is 3.18. The summed E-state index contributed by atoms with van der Waals surface area (Å²) in [6, 6.07) is 0. The van der Waals surface area contributed by atoms with Crippen LogP contribution in [0.25, 0.3) is 0 Å². The monoisotopic (exact) mass is 853 g/mol. The summed E-state index contributed by atoms with van der Waals surface area (Å²) in [5.41, 5.74) is 0. The maximum atomic E-state index is 12.7. The molecule has 0 aliphatic heterocycles. The van der Waals surface area contributed by atoms with Gasteiger partial charge in [0.25, 0.3) is 0 Å². The number of nitrogens with zero attached hydrogens (tertiary/aromatic N) is 1. The van der Waals surface area contributed by atoms with Crippen LogP contribution < -0.4 is 0 Å². The zero-order chi connectivity index (χ0) is 43.7. The van der Waals surface area contributed by atoms with Crippen molar-refractivity contribution in [1.29, 1.82) is 0 Å². The Balaban J connectivity index is 4.53. The average molecular weight is 853 g/mol. The Morgan fingerprint density at radius 3 is 1.71 bits per heavy atom. The number of esters is 2. The van der Waals surface area contributed by atoms with Crippen molar-refractivity contribution in [1.82, 2.24) is 0 Å². The predicted octanol–water partition coefficient (Wildman–Crippen LogP) is 12.2. The molecule has 0 heterocycles. The number of aliphatic hydroxyl groups is 1. The molecule has 0 aromatic heterocycles. The van der Waals surface area contributed by atoms with Crippen LogP contribution in [0.2, 0.25) is 0 Å². The number of phosphoric acid groups is 1. The van der Waals surface area contributed by atoms with Gasteiger partial charge < -0.3 is 24.0 Å². The molecule has 59 heavy (non-hydrogen) atoms. The SMILES string of the molecule is CCCCC/C=C\C/C=C\CCCCCCCCCC(=O)O[C@H](COC(=O)CCCC(O)/C=C/C=C/C/C=C/CCCCCCCC)COP(=O)(O)OCC[N+](C)(C)C. The fraction of sp³-hybridized carbons (Fsp3) is 0.750. The summed E-state index contributed by atoms with van der Waals surface area (Å²) in [5, 5.41) is 10.3. The molecule has 342 valence electrons. The first kappa shape index (κ1) is 56.7. The third-order valence-corrected chi connectivity index (χ3v) is 10.6. The minimum atomic E-state index is -4.42. The molecule has 0 aliphatic rings. The van der Waals surface area contributed by atoms with Gasteiger partial charge in [0, 0.05) is 12.8 Å². The van der Waals surface area contributed by atoms with Crippen molar-refractivity contribution < 1.29 is 47.2 Å². The lowest BCUT2D eigenvalue weighted by Crippen LogP contribution is -2.37. The van der Waals surface area contributed by atoms with Gasteiger partial charge in [0.1, 0.15) is 19.8 Å². The van der Waals surface area contributed by atoms with Crippen molar-refractivity contribution in [3.63, 3.8) is 0 Å². The van der Waals surface area contributed by atoms with Crippen molar-refractivity contribution in [2.75, 3.05) is 47.5 Å². The number of allylic oxidation sites excluding steroid dienone is 9. The van der Waals surface area contributed by atoms with E-state index in [0.29, 0.717) is 30.3 Å². The summed E-state index contributed by atoms with van der Waals surface area (Å²) in [5.74, 6) is -1.01. The number of likely N-dealkylation sites (N-methyl/N-ethyl adjacent to an activating group) is 1. The Labute approximate surface area is 360 Å². The van der Waals surface area contributed by atoms with Crippen molar-refractivity contribution in [2.45, 2.75) is 187 Å². The van der Waals surface area contributed by atoms with Crippen LogP contribution in [0.4, 0.5) is 0 Å². The van der Waals surface area contributed by atoms with Gasteiger partial charge in [-0.1, -0.05) is 152 Å². The third kappa shape index (κ3) is 43.6. The molecule has 0 saturated carbocycles. The number of unbranched alkanes of at least 4 members (excludes halogenated alkanes) is 16. The first-order valence-electron chi connectivity index (χ1n) is 23.1. The van der Waals surface area contributed by atoms with Crippen molar-refractivity contribution in [3.8, 4) is 0 Å². The minimum absolute atomic E-state index is 0.00107. The molecule has 3 atom stereocenters. The highest BCUT2D eigenvalue weighted by molar-refractivity contribution is 7.47. The largest absolute Gasteiger partial charge is 0.472 e. The summed E-state index contributed by atoms with van der Waals surface area (Å²) >= 11 is 0. The van der Waals surface area contributed by atoms with Crippen molar-refractivity contribution in [3.05, 3.63) is 60.8 Å². The molecular formula is C48H87NO9P+. The Morgan fingerprint density at radius 2 is 1.12 bits per heavy atom. The van der Waals surface area contributed by atoms with Crippen LogP contribution in [0.3, 0.4) is 0 Å². The fourth-order valence-corrected chi connectivity index (χ4v) is 6.68. The van der Waals surface area contributed by atoms with Gasteiger partial charge in [0.05, 0.1) is 33.9 Å². The normalized spacial score (nSPS) is 14.6. The molecular weight excluding hydrogens is 766 g/mol. The Hall–Kier alpha value is -2.33. The number of ether oxygens (including phenoxy) is 2. The highest BCUT2D eigenvalue weighted by atomic mass is 31.2. The number of carbonyl (C=O) groups excluding carboxylic acids is 2. The van der Waals surface area contributed by atoms with Gasteiger partial charge in [0.15, 0.2) is 6.10 Å². The summed E-state index contributed by atoms with van der Waals surface area (Å²) in [6.45, 7) is 4.16. The number of hydrogen-bond donors (Lipinski definition) is 2. The summed E-state index contributed by atoms with van der Waals surface area (Å²) < 4.78 is 34.2. The number of phosphoric ester groups is 1. The predicted molar refractivity (Wildman–Crippen MR) is 244 cm³/mol. The maximum absolute atomic E-state index is 12.7. The lowest BCUT2D eigenvalue weighted by molar-refractivity contribution is -0.870. The second kappa shape index (κ2) is 39.8. The molecule has 0 aromatic carbocycles. The van der Waals surface area contributed by atoms with Gasteiger partial charge in [-0.25, -0.2) is 4.57 Å². The highest BCUT2D eigenvalue weighted by Gasteiger charge is 2.27. The maximum Gasteiger partial charge on any atom is 0.472 e. The minimum Gasteiger partial charge on any atom is -0.462 e. The summed E-state index contributed by atoms with van der Waals surface area (Å²) in [7, 11) is 1.37. The summed E-state index contributed by atoms with van der Waals surface area (Å²) in [4.78, 5) is 35.4. The van der Waals surface area contributed by atoms with E-state index < -0.39 is 38.6 Å². The van der Waals surface area contributed by atoms with Crippen LogP contribution in [0, 0.1) is 0 Å². The third-order valence-electron chi connectivity index (χ3n) is 9.62. The van der Waals surface area contributed by atoms with E-state index in [0.717, 1.165) is 44.9 Å². The Morgan fingerprint density at radius 1 is 0.610 bits per heavy atom. The first-order valence-corrected chi connectivity index (χ1v) is 24.6. The van der Waals surface area contributed by atoms with E-state index >= 15 is 0 Å². The second-order valence-corrected chi connectivity index (χ2v) is 18.1. The quantitative estimate of drug-likeness (QED) is 0.0154. The zero-order valence-corrected chi connectivity index (χ0v) is 39.0. The first-order chi connectivity index (χ1) is 28.4. The molecule has 0 saturated heterocycles. The van der Waals surface area contributed by atoms with E-state index in [1.165, 1.54) is 83.5 Å². The van der Waals surface area contributed by atoms with E-state index in [4.69, 9.17) is 18.5 Å².